The van der Waals surface area contributed by atoms with Crippen LogP contribution < -0.4 is 10.2 Å². The third-order valence-corrected chi connectivity index (χ3v) is 4.95. The molecule has 1 saturated heterocycles. The van der Waals surface area contributed by atoms with Crippen molar-refractivity contribution in [2.45, 2.75) is 25.8 Å². The maximum atomic E-state index is 13.5. The summed E-state index contributed by atoms with van der Waals surface area (Å²) in [5, 5.41) is 0.842. The summed E-state index contributed by atoms with van der Waals surface area (Å²) < 4.78 is 25.4. The molecular weight excluding hydrogens is 321 g/mol. The monoisotopic (exact) mass is 341 g/mol. The molecule has 5 heteroatoms. The third-order valence-electron chi connectivity index (χ3n) is 4.95. The van der Waals surface area contributed by atoms with Crippen LogP contribution in [0.25, 0.3) is 21.9 Å². The molecule has 1 atom stereocenters. The van der Waals surface area contributed by atoms with Gasteiger partial charge in [-0.15, -0.1) is 0 Å². The normalized spacial score (nSPS) is 18.3. The van der Waals surface area contributed by atoms with Crippen LogP contribution >= 0.6 is 0 Å². The van der Waals surface area contributed by atoms with Gasteiger partial charge in [0.25, 0.3) is 0 Å². The number of halogens is 1. The summed E-state index contributed by atoms with van der Waals surface area (Å²) in [4.78, 5) is 15.0. The van der Waals surface area contributed by atoms with Gasteiger partial charge < -0.3 is 14.1 Å². The Morgan fingerprint density at radius 1 is 1.28 bits per heavy atom. The highest BCUT2D eigenvalue weighted by atomic mass is 19.1. The van der Waals surface area contributed by atoms with Crippen LogP contribution in [0.4, 0.5) is 4.39 Å². The molecule has 0 N–H and O–H groups in total. The predicted octanol–water partition coefficient (Wildman–Crippen LogP) is 3.87. The summed E-state index contributed by atoms with van der Waals surface area (Å²) in [5.41, 5.74) is 1.39. The van der Waals surface area contributed by atoms with Crippen LogP contribution in [0, 0.1) is 12.7 Å². The van der Waals surface area contributed by atoms with Crippen molar-refractivity contribution < 1.29 is 13.5 Å². The van der Waals surface area contributed by atoms with Crippen LogP contribution in [0.3, 0.4) is 0 Å². The van der Waals surface area contributed by atoms with Crippen LogP contribution in [-0.4, -0.2) is 31.1 Å². The molecule has 25 heavy (non-hydrogen) atoms. The largest absolute Gasteiger partial charge is 0.488 e. The molecule has 1 aliphatic rings. The van der Waals surface area contributed by atoms with Gasteiger partial charge in [-0.3, -0.25) is 4.79 Å². The third kappa shape index (κ3) is 2.89. The highest BCUT2D eigenvalue weighted by Crippen LogP contribution is 2.30. The average Bonchev–Trinajstić information content (AvgIpc) is 2.98. The first-order chi connectivity index (χ1) is 12.0. The molecular formula is C20H20FNO3. The second-order valence-electron chi connectivity index (χ2n) is 6.80. The lowest BCUT2D eigenvalue weighted by Gasteiger charge is -2.20. The summed E-state index contributed by atoms with van der Waals surface area (Å²) in [7, 11) is 2.09. The van der Waals surface area contributed by atoms with Crippen molar-refractivity contribution in [2.24, 2.45) is 0 Å². The zero-order valence-corrected chi connectivity index (χ0v) is 14.3. The smallest absolute Gasteiger partial charge is 0.200 e. The molecule has 0 saturated carbocycles. The van der Waals surface area contributed by atoms with Crippen molar-refractivity contribution in [3.63, 3.8) is 0 Å². The quantitative estimate of drug-likeness (QED) is 0.678. The summed E-state index contributed by atoms with van der Waals surface area (Å²) in [6, 6.07) is 8.00. The number of benzene rings is 2. The number of hydrogen-bond donors (Lipinski definition) is 0. The molecule has 0 unspecified atom stereocenters. The van der Waals surface area contributed by atoms with Crippen molar-refractivity contribution in [3.05, 3.63) is 51.9 Å². The molecule has 1 aliphatic heterocycles. The van der Waals surface area contributed by atoms with Crippen molar-refractivity contribution in [3.8, 4) is 5.75 Å². The first-order valence-corrected chi connectivity index (χ1v) is 8.53. The van der Waals surface area contributed by atoms with E-state index in [0.29, 0.717) is 34.8 Å². The van der Waals surface area contributed by atoms with Crippen molar-refractivity contribution in [1.29, 1.82) is 0 Å². The van der Waals surface area contributed by atoms with E-state index < -0.39 is 5.82 Å². The molecule has 0 aliphatic carbocycles. The van der Waals surface area contributed by atoms with E-state index in [0.717, 1.165) is 24.9 Å². The van der Waals surface area contributed by atoms with E-state index >= 15 is 0 Å². The number of ether oxygens (including phenoxy) is 1. The first kappa shape index (κ1) is 16.1. The summed E-state index contributed by atoms with van der Waals surface area (Å²) in [5.74, 6) is 0.107. The Bertz CT molecular complexity index is 1010. The fourth-order valence-corrected chi connectivity index (χ4v) is 3.52. The summed E-state index contributed by atoms with van der Waals surface area (Å²) in [6.45, 7) is 3.53. The van der Waals surface area contributed by atoms with E-state index in [2.05, 4.69) is 11.9 Å². The Kier molecular flexibility index (Phi) is 3.96. The van der Waals surface area contributed by atoms with Gasteiger partial charge in [-0.25, -0.2) is 4.39 Å². The number of likely N-dealkylation sites (N-methyl/N-ethyl adjacent to an activating group) is 1. The first-order valence-electron chi connectivity index (χ1n) is 8.53. The molecule has 0 spiro atoms. The number of nitrogens with zero attached hydrogens (tertiary/aromatic N) is 1. The predicted molar refractivity (Wildman–Crippen MR) is 95.8 cm³/mol. The molecule has 3 aromatic rings. The van der Waals surface area contributed by atoms with E-state index in [9.17, 15) is 9.18 Å². The van der Waals surface area contributed by atoms with Crippen molar-refractivity contribution >= 4 is 21.9 Å². The van der Waals surface area contributed by atoms with Gasteiger partial charge in [0.15, 0.2) is 11.3 Å². The Morgan fingerprint density at radius 2 is 2.12 bits per heavy atom. The Morgan fingerprint density at radius 3 is 2.88 bits per heavy atom. The molecule has 2 aromatic carbocycles. The van der Waals surface area contributed by atoms with Crippen LogP contribution in [0.15, 0.2) is 39.5 Å². The molecule has 2 heterocycles. The molecule has 0 radical (unpaired) electrons. The number of fused-ring (bicyclic) bond motifs is 2. The second-order valence-corrected chi connectivity index (χ2v) is 6.80. The van der Waals surface area contributed by atoms with E-state index in [4.69, 9.17) is 9.15 Å². The minimum absolute atomic E-state index is 0.164. The lowest BCUT2D eigenvalue weighted by molar-refractivity contribution is 0.198. The number of hydrogen-bond acceptors (Lipinski definition) is 4. The lowest BCUT2D eigenvalue weighted by Crippen LogP contribution is -2.30. The second kappa shape index (κ2) is 6.15. The molecule has 4 rings (SSSR count). The maximum Gasteiger partial charge on any atom is 0.200 e. The zero-order chi connectivity index (χ0) is 17.6. The van der Waals surface area contributed by atoms with Gasteiger partial charge in [0.1, 0.15) is 18.0 Å². The zero-order valence-electron chi connectivity index (χ0n) is 14.3. The van der Waals surface area contributed by atoms with Crippen LogP contribution in [0.5, 0.6) is 5.75 Å². The van der Waals surface area contributed by atoms with E-state index in [1.165, 1.54) is 18.2 Å². The topological polar surface area (TPSA) is 42.7 Å². The summed E-state index contributed by atoms with van der Waals surface area (Å²) >= 11 is 0. The van der Waals surface area contributed by atoms with Gasteiger partial charge >= 0.3 is 0 Å². The van der Waals surface area contributed by atoms with E-state index in [1.54, 1.807) is 6.07 Å². The van der Waals surface area contributed by atoms with Crippen LogP contribution in [0.2, 0.25) is 0 Å². The Balaban J connectivity index is 1.82. The van der Waals surface area contributed by atoms with Crippen molar-refractivity contribution in [2.75, 3.05) is 20.2 Å². The lowest BCUT2D eigenvalue weighted by atomic mass is 10.1. The van der Waals surface area contributed by atoms with Gasteiger partial charge in [-0.2, -0.15) is 0 Å². The van der Waals surface area contributed by atoms with Gasteiger partial charge in [-0.05, 0) is 63.2 Å². The molecule has 130 valence electrons. The summed E-state index contributed by atoms with van der Waals surface area (Å²) in [6.07, 6.45) is 2.26. The van der Waals surface area contributed by atoms with Gasteiger partial charge in [0.05, 0.1) is 10.8 Å². The van der Waals surface area contributed by atoms with Crippen LogP contribution in [-0.2, 0) is 0 Å². The van der Waals surface area contributed by atoms with Gasteiger partial charge in [0, 0.05) is 12.1 Å². The van der Waals surface area contributed by atoms with E-state index in [1.807, 2.05) is 13.0 Å². The highest BCUT2D eigenvalue weighted by Gasteiger charge is 2.22. The van der Waals surface area contributed by atoms with Crippen LogP contribution in [0.1, 0.15) is 18.4 Å². The Labute approximate surface area is 144 Å². The minimum atomic E-state index is -0.433. The van der Waals surface area contributed by atoms with Crippen molar-refractivity contribution in [1.82, 2.24) is 4.90 Å². The molecule has 0 amide bonds. The number of rotatable bonds is 3. The maximum absolute atomic E-state index is 13.5. The van der Waals surface area contributed by atoms with Gasteiger partial charge in [0.2, 0.25) is 5.43 Å². The molecule has 1 aromatic heterocycles. The van der Waals surface area contributed by atoms with E-state index in [-0.39, 0.29) is 11.0 Å². The van der Waals surface area contributed by atoms with Gasteiger partial charge in [-0.1, -0.05) is 0 Å². The fraction of sp³-hybridized carbons (Fsp3) is 0.350. The molecule has 0 bridgehead atoms. The number of likely N-dealkylation sites (tertiary alicyclic amines) is 1. The Hall–Kier alpha value is -2.40. The fourth-order valence-electron chi connectivity index (χ4n) is 3.52. The number of aryl methyl sites for hydroxylation is 1. The average molecular weight is 341 g/mol. The highest BCUT2D eigenvalue weighted by molar-refractivity contribution is 5.92. The molecule has 4 nitrogen and oxygen atoms in total. The molecule has 1 fully saturated rings. The SMILES string of the molecule is Cc1cc(OC[C@@H]2CCCN2C)c2oc3cc(F)ccc3c(=O)c2c1. The standard InChI is InChI=1S/C20H20FNO3/c1-12-8-16-19(23)15-6-5-13(21)10-17(15)25-20(16)18(9-12)24-11-14-4-3-7-22(14)2/h5-6,8-10,14H,3-4,7,11H2,1-2H3/t14-/m0/s1. The minimum Gasteiger partial charge on any atom is -0.488 e.